The van der Waals surface area contributed by atoms with E-state index in [1.54, 1.807) is 6.92 Å². The van der Waals surface area contributed by atoms with E-state index in [0.717, 1.165) is 24.5 Å². The van der Waals surface area contributed by atoms with Crippen LogP contribution in [0.5, 0.6) is 0 Å². The molecule has 3 atom stereocenters. The summed E-state index contributed by atoms with van der Waals surface area (Å²) in [5.74, 6) is -0.473. The molecule has 6 heteroatoms. The summed E-state index contributed by atoms with van der Waals surface area (Å²) in [4.78, 5) is 11.6. The Kier molecular flexibility index (Phi) is 6.89. The van der Waals surface area contributed by atoms with Crippen LogP contribution in [0, 0.1) is 0 Å². The van der Waals surface area contributed by atoms with Crippen LogP contribution in [-0.4, -0.2) is 33.8 Å². The highest BCUT2D eigenvalue weighted by Gasteiger charge is 2.56. The SMILES string of the molecule is C=CC(=O)OC(C)OC(CC)C1(c2ccccc2)CC[Si](C)(C)[Si](C)(C)O1. The lowest BCUT2D eigenvalue weighted by atomic mass is 9.84. The Morgan fingerprint density at radius 1 is 1.30 bits per heavy atom. The first kappa shape index (κ1) is 22.1. The summed E-state index contributed by atoms with van der Waals surface area (Å²) < 4.78 is 18.6. The van der Waals surface area contributed by atoms with Crippen molar-refractivity contribution in [3.05, 3.63) is 48.6 Å². The van der Waals surface area contributed by atoms with Gasteiger partial charge in [-0.3, -0.25) is 0 Å². The van der Waals surface area contributed by atoms with E-state index in [-0.39, 0.29) is 6.10 Å². The molecular formula is C21H34O4Si2. The molecule has 27 heavy (non-hydrogen) atoms. The topological polar surface area (TPSA) is 44.8 Å². The second-order valence-electron chi connectivity index (χ2n) is 8.49. The molecular weight excluding hydrogens is 372 g/mol. The molecule has 1 aliphatic rings. The largest absolute Gasteiger partial charge is 0.433 e. The van der Waals surface area contributed by atoms with Crippen LogP contribution in [0.1, 0.15) is 32.3 Å². The van der Waals surface area contributed by atoms with E-state index in [4.69, 9.17) is 13.9 Å². The van der Waals surface area contributed by atoms with Crippen LogP contribution >= 0.6 is 0 Å². The quantitative estimate of drug-likeness (QED) is 0.271. The predicted molar refractivity (Wildman–Crippen MR) is 115 cm³/mol. The molecule has 2 rings (SSSR count). The molecule has 0 N–H and O–H groups in total. The summed E-state index contributed by atoms with van der Waals surface area (Å²) in [5, 5.41) is 0. The van der Waals surface area contributed by atoms with Gasteiger partial charge in [0.1, 0.15) is 5.60 Å². The molecule has 4 nitrogen and oxygen atoms in total. The lowest BCUT2D eigenvalue weighted by Crippen LogP contribution is -2.67. The summed E-state index contributed by atoms with van der Waals surface area (Å²) in [6.45, 7) is 16.9. The first-order valence-electron chi connectivity index (χ1n) is 9.82. The minimum Gasteiger partial charge on any atom is -0.433 e. The summed E-state index contributed by atoms with van der Waals surface area (Å²) in [5.41, 5.74) is 0.660. The Hall–Kier alpha value is -1.22. The van der Waals surface area contributed by atoms with Crippen molar-refractivity contribution in [1.29, 1.82) is 0 Å². The van der Waals surface area contributed by atoms with Crippen molar-refractivity contribution < 1.29 is 18.7 Å². The summed E-state index contributed by atoms with van der Waals surface area (Å²) >= 11 is 0. The van der Waals surface area contributed by atoms with Crippen LogP contribution in [0.3, 0.4) is 0 Å². The van der Waals surface area contributed by atoms with Gasteiger partial charge in [-0.2, -0.15) is 0 Å². The van der Waals surface area contributed by atoms with E-state index in [9.17, 15) is 4.79 Å². The minimum absolute atomic E-state index is 0.190. The van der Waals surface area contributed by atoms with E-state index < -0.39 is 33.3 Å². The van der Waals surface area contributed by atoms with Crippen LogP contribution in [0.15, 0.2) is 43.0 Å². The van der Waals surface area contributed by atoms with Gasteiger partial charge in [0.2, 0.25) is 6.29 Å². The van der Waals surface area contributed by atoms with Crippen LogP contribution in [0.2, 0.25) is 32.2 Å². The number of ether oxygens (including phenoxy) is 2. The highest BCUT2D eigenvalue weighted by atomic mass is 29.3. The molecule has 150 valence electrons. The summed E-state index contributed by atoms with van der Waals surface area (Å²) in [7, 11) is -3.28. The molecule has 1 aromatic carbocycles. The molecule has 0 radical (unpaired) electrons. The number of hydrogen-bond acceptors (Lipinski definition) is 4. The molecule has 1 aromatic rings. The Labute approximate surface area is 165 Å². The van der Waals surface area contributed by atoms with Gasteiger partial charge in [-0.1, -0.05) is 63.0 Å². The van der Waals surface area contributed by atoms with Crippen molar-refractivity contribution >= 4 is 21.4 Å². The Morgan fingerprint density at radius 3 is 2.44 bits per heavy atom. The number of carbonyl (C=O) groups is 1. The van der Waals surface area contributed by atoms with Gasteiger partial charge >= 0.3 is 5.97 Å². The van der Waals surface area contributed by atoms with Crippen LogP contribution in [0.25, 0.3) is 0 Å². The number of benzene rings is 1. The minimum atomic E-state index is -1.87. The third-order valence-electron chi connectivity index (χ3n) is 6.15. The Bertz CT molecular complexity index is 659. The Morgan fingerprint density at radius 2 is 1.93 bits per heavy atom. The van der Waals surface area contributed by atoms with Gasteiger partial charge in [0.05, 0.1) is 13.7 Å². The molecule has 1 saturated heterocycles. The van der Waals surface area contributed by atoms with E-state index in [2.05, 4.69) is 64.0 Å². The molecule has 1 aliphatic heterocycles. The lowest BCUT2D eigenvalue weighted by molar-refractivity contribution is -0.209. The van der Waals surface area contributed by atoms with E-state index in [1.165, 1.54) is 6.04 Å². The number of carbonyl (C=O) groups excluding carboxylic acids is 1. The van der Waals surface area contributed by atoms with Gasteiger partial charge < -0.3 is 13.9 Å². The standard InChI is InChI=1S/C21H34O4Si2/c1-8-19(23-17(3)24-20(22)9-2)21(18-13-11-10-12-14-18)15-16-26(4,5)27(6,7)25-21/h9-14,17,19H,2,8,15-16H2,1,3-7H3. The molecule has 0 amide bonds. The number of hydrogen-bond donors (Lipinski definition) is 0. The first-order valence-corrected chi connectivity index (χ1v) is 16.9. The van der Waals surface area contributed by atoms with Crippen molar-refractivity contribution in [3.8, 4) is 0 Å². The highest BCUT2D eigenvalue weighted by Crippen LogP contribution is 2.48. The molecule has 0 spiro atoms. The van der Waals surface area contributed by atoms with Crippen molar-refractivity contribution in [2.24, 2.45) is 0 Å². The van der Waals surface area contributed by atoms with E-state index >= 15 is 0 Å². The fourth-order valence-corrected chi connectivity index (χ4v) is 10.5. The summed E-state index contributed by atoms with van der Waals surface area (Å²) in [6, 6.07) is 11.6. The fourth-order valence-electron chi connectivity index (χ4n) is 3.79. The first-order chi connectivity index (χ1) is 12.6. The molecule has 0 saturated carbocycles. The molecule has 1 fully saturated rings. The molecule has 0 aliphatic carbocycles. The summed E-state index contributed by atoms with van der Waals surface area (Å²) in [6.07, 6.45) is 2.03. The average molecular weight is 407 g/mol. The maximum Gasteiger partial charge on any atom is 0.332 e. The predicted octanol–water partition coefficient (Wildman–Crippen LogP) is 5.16. The van der Waals surface area contributed by atoms with Crippen LogP contribution in [-0.2, 0) is 24.3 Å². The van der Waals surface area contributed by atoms with Crippen molar-refractivity contribution in [1.82, 2.24) is 0 Å². The third-order valence-corrected chi connectivity index (χ3v) is 22.6. The third kappa shape index (κ3) is 4.62. The molecule has 0 bridgehead atoms. The zero-order valence-electron chi connectivity index (χ0n) is 17.6. The van der Waals surface area contributed by atoms with Crippen LogP contribution < -0.4 is 0 Å². The van der Waals surface area contributed by atoms with Gasteiger partial charge in [-0.15, -0.1) is 0 Å². The molecule has 3 unspecified atom stereocenters. The van der Waals surface area contributed by atoms with E-state index in [1.807, 2.05) is 6.07 Å². The average Bonchev–Trinajstić information content (AvgIpc) is 2.62. The zero-order chi connectivity index (χ0) is 20.3. The highest BCUT2D eigenvalue weighted by molar-refractivity contribution is 7.38. The normalized spacial score (nSPS) is 26.0. The van der Waals surface area contributed by atoms with Gasteiger partial charge in [-0.05, 0) is 38.4 Å². The van der Waals surface area contributed by atoms with Gasteiger partial charge in [0.25, 0.3) is 0 Å². The van der Waals surface area contributed by atoms with Gasteiger partial charge in [0.15, 0.2) is 7.83 Å². The monoisotopic (exact) mass is 406 g/mol. The van der Waals surface area contributed by atoms with E-state index in [0.29, 0.717) is 0 Å². The second-order valence-corrected chi connectivity index (χ2v) is 23.7. The number of esters is 1. The molecule has 1 heterocycles. The maximum absolute atomic E-state index is 11.6. The van der Waals surface area contributed by atoms with Crippen LogP contribution in [0.4, 0.5) is 0 Å². The molecule has 0 aromatic heterocycles. The lowest BCUT2D eigenvalue weighted by Gasteiger charge is -2.55. The van der Waals surface area contributed by atoms with Crippen molar-refractivity contribution in [2.45, 2.75) is 76.9 Å². The smallest absolute Gasteiger partial charge is 0.332 e. The second kappa shape index (κ2) is 8.43. The van der Waals surface area contributed by atoms with Crippen molar-refractivity contribution in [2.75, 3.05) is 0 Å². The number of rotatable bonds is 7. The Balaban J connectivity index is 2.40. The van der Waals surface area contributed by atoms with Crippen molar-refractivity contribution in [3.63, 3.8) is 0 Å². The fraction of sp³-hybridized carbons (Fsp3) is 0.571. The zero-order valence-corrected chi connectivity index (χ0v) is 19.6. The van der Waals surface area contributed by atoms with Gasteiger partial charge in [0, 0.05) is 6.08 Å². The van der Waals surface area contributed by atoms with Gasteiger partial charge in [-0.25, -0.2) is 4.79 Å². The maximum atomic E-state index is 11.6.